The van der Waals surface area contributed by atoms with E-state index in [1.165, 1.54) is 11.6 Å². The van der Waals surface area contributed by atoms with E-state index >= 15 is 0 Å². The predicted octanol–water partition coefficient (Wildman–Crippen LogP) is 7.43. The minimum atomic E-state index is -0.644. The highest BCUT2D eigenvalue weighted by atomic mass is 19.1. The Bertz CT molecular complexity index is 1120. The number of carbonyl (C=O) groups excluding carboxylic acids is 2. The van der Waals surface area contributed by atoms with Gasteiger partial charge in [-0.3, -0.25) is 4.79 Å². The van der Waals surface area contributed by atoms with Crippen LogP contribution in [0.1, 0.15) is 77.3 Å². The van der Waals surface area contributed by atoms with E-state index in [4.69, 9.17) is 14.2 Å². The van der Waals surface area contributed by atoms with Gasteiger partial charge in [-0.25, -0.2) is 9.18 Å². The molecule has 1 fully saturated rings. The first kappa shape index (κ1) is 29.4. The lowest BCUT2D eigenvalue weighted by Gasteiger charge is -2.34. The summed E-state index contributed by atoms with van der Waals surface area (Å²) in [5.74, 6) is 0.906. The summed E-state index contributed by atoms with van der Waals surface area (Å²) in [6, 6.07) is 12.8. The van der Waals surface area contributed by atoms with Crippen molar-refractivity contribution < 1.29 is 28.2 Å². The van der Waals surface area contributed by atoms with E-state index in [-0.39, 0.29) is 29.4 Å². The van der Waals surface area contributed by atoms with Gasteiger partial charge in [0.1, 0.15) is 17.3 Å². The molecule has 38 heavy (non-hydrogen) atoms. The topological polar surface area (TPSA) is 61.8 Å². The van der Waals surface area contributed by atoms with Crippen LogP contribution in [0.25, 0.3) is 0 Å². The van der Waals surface area contributed by atoms with Gasteiger partial charge in [-0.2, -0.15) is 0 Å². The highest BCUT2D eigenvalue weighted by Crippen LogP contribution is 2.42. The Morgan fingerprint density at radius 2 is 1.74 bits per heavy atom. The van der Waals surface area contributed by atoms with Crippen LogP contribution in [0, 0.1) is 23.1 Å². The normalized spacial score (nSPS) is 19.5. The van der Waals surface area contributed by atoms with Crippen molar-refractivity contribution in [1.82, 2.24) is 0 Å². The molecule has 0 aliphatic heterocycles. The zero-order valence-electron chi connectivity index (χ0n) is 23.3. The fourth-order valence-electron chi connectivity index (χ4n) is 4.78. The number of halogens is 1. The molecule has 0 N–H and O–H groups in total. The molecule has 2 aromatic carbocycles. The Morgan fingerprint density at radius 3 is 2.34 bits per heavy atom. The molecule has 3 rings (SSSR count). The average molecular weight is 525 g/mol. The maximum Gasteiger partial charge on any atom is 0.333 e. The number of benzene rings is 2. The third-order valence-corrected chi connectivity index (χ3v) is 7.07. The summed E-state index contributed by atoms with van der Waals surface area (Å²) in [5.41, 5.74) is 1.63. The van der Waals surface area contributed by atoms with Crippen LogP contribution in [0.15, 0.2) is 54.6 Å². The number of rotatable bonds is 10. The molecule has 206 valence electrons. The van der Waals surface area contributed by atoms with E-state index in [2.05, 4.69) is 13.5 Å². The summed E-state index contributed by atoms with van der Waals surface area (Å²) >= 11 is 0. The second-order valence-corrected chi connectivity index (χ2v) is 11.6. The third-order valence-electron chi connectivity index (χ3n) is 7.07. The maximum atomic E-state index is 15.0. The molecule has 3 unspecified atom stereocenters. The molecule has 2 aromatic rings. The molecule has 0 saturated heterocycles. The number of ether oxygens (including phenoxy) is 3. The van der Waals surface area contributed by atoms with Gasteiger partial charge < -0.3 is 14.2 Å². The fraction of sp³-hybridized carbons (Fsp3) is 0.500. The minimum absolute atomic E-state index is 0.132. The van der Waals surface area contributed by atoms with Crippen LogP contribution < -0.4 is 9.47 Å². The predicted molar refractivity (Wildman–Crippen MR) is 147 cm³/mol. The van der Waals surface area contributed by atoms with Crippen LogP contribution in [0.2, 0.25) is 0 Å². The van der Waals surface area contributed by atoms with Gasteiger partial charge in [0.25, 0.3) is 0 Å². The summed E-state index contributed by atoms with van der Waals surface area (Å²) in [7, 11) is 0. The van der Waals surface area contributed by atoms with Crippen molar-refractivity contribution in [2.45, 2.75) is 72.6 Å². The summed E-state index contributed by atoms with van der Waals surface area (Å²) in [6.45, 7) is 13.7. The minimum Gasteiger partial charge on any atom is -0.493 e. The SMILES string of the molecule is C=C(C)C(=O)OCCCc1ccc(OCC2CCC(c3ccc(OC(=O)C(C)(C)C)cc3F)C(C)C2)cc1. The standard InChI is InChI=1S/C32H41FO5/c1-21(2)30(34)36-17-7-8-23-9-12-25(13-10-23)37-20-24-11-15-27(22(3)18-24)28-16-14-26(19-29(28)33)38-31(35)32(4,5)6/h9-10,12-14,16,19,22,24,27H,1,7-8,11,15,17-18,20H2,2-6H3. The summed E-state index contributed by atoms with van der Waals surface area (Å²) in [4.78, 5) is 23.5. The number of carbonyl (C=O) groups is 2. The zero-order chi connectivity index (χ0) is 27.9. The molecule has 0 bridgehead atoms. The zero-order valence-corrected chi connectivity index (χ0v) is 23.3. The van der Waals surface area contributed by atoms with Crippen LogP contribution in [0.4, 0.5) is 4.39 Å². The molecule has 6 heteroatoms. The largest absolute Gasteiger partial charge is 0.493 e. The van der Waals surface area contributed by atoms with Gasteiger partial charge in [0.05, 0.1) is 18.6 Å². The van der Waals surface area contributed by atoms with E-state index in [0.29, 0.717) is 36.2 Å². The Labute approximate surface area is 226 Å². The molecule has 0 amide bonds. The lowest BCUT2D eigenvalue weighted by atomic mass is 9.72. The molecule has 5 nitrogen and oxygen atoms in total. The van der Waals surface area contributed by atoms with Gasteiger partial charge in [-0.1, -0.05) is 31.7 Å². The van der Waals surface area contributed by atoms with Crippen molar-refractivity contribution >= 4 is 11.9 Å². The number of hydrogen-bond acceptors (Lipinski definition) is 5. The molecule has 3 atom stereocenters. The van der Waals surface area contributed by atoms with E-state index in [1.54, 1.807) is 39.8 Å². The van der Waals surface area contributed by atoms with Crippen molar-refractivity contribution in [3.8, 4) is 11.5 Å². The fourth-order valence-corrected chi connectivity index (χ4v) is 4.78. The monoisotopic (exact) mass is 524 g/mol. The quantitative estimate of drug-likeness (QED) is 0.140. The Balaban J connectivity index is 1.45. The van der Waals surface area contributed by atoms with Crippen LogP contribution >= 0.6 is 0 Å². The summed E-state index contributed by atoms with van der Waals surface area (Å²) < 4.78 is 31.5. The highest BCUT2D eigenvalue weighted by molar-refractivity contribution is 5.86. The first-order chi connectivity index (χ1) is 17.9. The highest BCUT2D eigenvalue weighted by Gasteiger charge is 2.31. The van der Waals surface area contributed by atoms with Gasteiger partial charge in [-0.05, 0) is 107 Å². The molecular formula is C32H41FO5. The van der Waals surface area contributed by atoms with Crippen LogP contribution in [-0.4, -0.2) is 25.2 Å². The molecule has 1 saturated carbocycles. The maximum absolute atomic E-state index is 15.0. The Morgan fingerprint density at radius 1 is 1.05 bits per heavy atom. The van der Waals surface area contributed by atoms with E-state index < -0.39 is 5.41 Å². The molecule has 0 heterocycles. The van der Waals surface area contributed by atoms with Crippen molar-refractivity contribution in [3.63, 3.8) is 0 Å². The van der Waals surface area contributed by atoms with Gasteiger partial charge >= 0.3 is 11.9 Å². The van der Waals surface area contributed by atoms with Crippen molar-refractivity contribution in [2.24, 2.45) is 17.3 Å². The average Bonchev–Trinajstić information content (AvgIpc) is 2.86. The number of esters is 2. The lowest BCUT2D eigenvalue weighted by molar-refractivity contribution is -0.143. The lowest BCUT2D eigenvalue weighted by Crippen LogP contribution is -2.26. The second-order valence-electron chi connectivity index (χ2n) is 11.6. The van der Waals surface area contributed by atoms with Gasteiger partial charge in [0, 0.05) is 11.6 Å². The van der Waals surface area contributed by atoms with Gasteiger partial charge in [0.2, 0.25) is 0 Å². The molecule has 0 aromatic heterocycles. The van der Waals surface area contributed by atoms with Gasteiger partial charge in [0.15, 0.2) is 0 Å². The van der Waals surface area contributed by atoms with Crippen molar-refractivity contribution in [2.75, 3.05) is 13.2 Å². The van der Waals surface area contributed by atoms with E-state index in [9.17, 15) is 14.0 Å². The first-order valence-electron chi connectivity index (χ1n) is 13.5. The van der Waals surface area contributed by atoms with Crippen LogP contribution in [0.5, 0.6) is 11.5 Å². The summed E-state index contributed by atoms with van der Waals surface area (Å²) in [6.07, 6.45) is 4.40. The first-order valence-corrected chi connectivity index (χ1v) is 13.5. The third kappa shape index (κ3) is 8.44. The summed E-state index contributed by atoms with van der Waals surface area (Å²) in [5, 5.41) is 0. The van der Waals surface area contributed by atoms with Crippen LogP contribution in [-0.2, 0) is 20.7 Å². The Kier molecular flexibility index (Phi) is 10.1. The molecule has 0 radical (unpaired) electrons. The van der Waals surface area contributed by atoms with Crippen molar-refractivity contribution in [1.29, 1.82) is 0 Å². The van der Waals surface area contributed by atoms with Crippen molar-refractivity contribution in [3.05, 3.63) is 71.6 Å². The van der Waals surface area contributed by atoms with Crippen LogP contribution in [0.3, 0.4) is 0 Å². The van der Waals surface area contributed by atoms with E-state index in [0.717, 1.165) is 37.9 Å². The second kappa shape index (κ2) is 13.1. The molecular weight excluding hydrogens is 483 g/mol. The number of hydrogen-bond donors (Lipinski definition) is 0. The Hall–Kier alpha value is -3.15. The number of aryl methyl sites for hydroxylation is 1. The molecule has 1 aliphatic rings. The molecule has 0 spiro atoms. The van der Waals surface area contributed by atoms with Gasteiger partial charge in [-0.15, -0.1) is 0 Å². The molecule has 1 aliphatic carbocycles. The van der Waals surface area contributed by atoms with E-state index in [1.807, 2.05) is 24.3 Å². The smallest absolute Gasteiger partial charge is 0.333 e.